The van der Waals surface area contributed by atoms with Crippen molar-refractivity contribution in [2.24, 2.45) is 0 Å². The number of H-pyrrole nitrogens is 1. The minimum atomic E-state index is -4.44. The molecule has 8 nitrogen and oxygen atoms in total. The van der Waals surface area contributed by atoms with Gasteiger partial charge in [0.15, 0.2) is 11.4 Å². The highest BCUT2D eigenvalue weighted by Crippen LogP contribution is 2.49. The Kier molecular flexibility index (Phi) is 6.09. The fourth-order valence-corrected chi connectivity index (χ4v) is 5.38. The number of rotatable bonds is 5. The van der Waals surface area contributed by atoms with E-state index in [0.29, 0.717) is 48.2 Å². The number of nitrogens with one attached hydrogen (secondary N) is 1. The van der Waals surface area contributed by atoms with Crippen LogP contribution in [-0.2, 0) is 15.0 Å². The molecule has 2 amide bonds. The zero-order valence-electron chi connectivity index (χ0n) is 18.9. The summed E-state index contributed by atoms with van der Waals surface area (Å²) in [6.45, 7) is 0.190. The monoisotopic (exact) mass is 563 g/mol. The van der Waals surface area contributed by atoms with Gasteiger partial charge in [0.25, 0.3) is 5.91 Å². The molecule has 0 atom stereocenters. The van der Waals surface area contributed by atoms with Gasteiger partial charge in [-0.2, -0.15) is 18.3 Å². The maximum absolute atomic E-state index is 13.7. The van der Waals surface area contributed by atoms with Crippen LogP contribution in [0.2, 0.25) is 0 Å². The second-order valence-corrected chi connectivity index (χ2v) is 10.0. The molecular formula is C24H21BrF3N5O3. The summed E-state index contributed by atoms with van der Waals surface area (Å²) in [6, 6.07) is 6.96. The molecule has 0 bridgehead atoms. The lowest BCUT2D eigenvalue weighted by molar-refractivity contribution is -0.142. The van der Waals surface area contributed by atoms with E-state index in [2.05, 4.69) is 31.1 Å². The summed E-state index contributed by atoms with van der Waals surface area (Å²) in [6.07, 6.45) is -2.61. The van der Waals surface area contributed by atoms with Crippen molar-refractivity contribution in [1.29, 1.82) is 0 Å². The average molecular weight is 564 g/mol. The van der Waals surface area contributed by atoms with Crippen molar-refractivity contribution in [2.45, 2.75) is 37.3 Å². The summed E-state index contributed by atoms with van der Waals surface area (Å²) in [5.41, 5.74) is 1.29. The van der Waals surface area contributed by atoms with Gasteiger partial charge in [0, 0.05) is 41.3 Å². The SMILES string of the molecule is O=C(CCC(F)(F)F)CN1C(=O)C2(CCN(C(=O)c3cnc4[nH]ncc4c3)CC2)c2cc(Br)ccc21. The average Bonchev–Trinajstić information content (AvgIpc) is 3.40. The minimum Gasteiger partial charge on any atom is -0.339 e. The number of aromatic nitrogens is 3. The summed E-state index contributed by atoms with van der Waals surface area (Å²) >= 11 is 3.43. The predicted molar refractivity (Wildman–Crippen MR) is 127 cm³/mol. The number of nitrogens with zero attached hydrogens (tertiary/aromatic N) is 4. The fraction of sp³-hybridized carbons (Fsp3) is 0.375. The van der Waals surface area contributed by atoms with Crippen molar-refractivity contribution >= 4 is 50.2 Å². The van der Waals surface area contributed by atoms with Crippen LogP contribution in [0.25, 0.3) is 11.0 Å². The number of ketones is 1. The van der Waals surface area contributed by atoms with E-state index < -0.39 is 36.8 Å². The summed E-state index contributed by atoms with van der Waals surface area (Å²) in [5, 5.41) is 7.36. The van der Waals surface area contributed by atoms with E-state index in [0.717, 1.165) is 10.0 Å². The summed E-state index contributed by atoms with van der Waals surface area (Å²) in [7, 11) is 0. The van der Waals surface area contributed by atoms with Crippen molar-refractivity contribution in [2.75, 3.05) is 24.5 Å². The third-order valence-electron chi connectivity index (χ3n) is 6.88. The maximum Gasteiger partial charge on any atom is 0.389 e. The number of alkyl halides is 3. The van der Waals surface area contributed by atoms with E-state index >= 15 is 0 Å². The van der Waals surface area contributed by atoms with E-state index in [4.69, 9.17) is 0 Å². The Hall–Kier alpha value is -3.28. The molecule has 0 saturated carbocycles. The number of likely N-dealkylation sites (tertiary alicyclic amines) is 1. The highest BCUT2D eigenvalue weighted by molar-refractivity contribution is 9.10. The van der Waals surface area contributed by atoms with Crippen LogP contribution in [-0.4, -0.2) is 63.5 Å². The number of pyridine rings is 1. The zero-order valence-corrected chi connectivity index (χ0v) is 20.5. The van der Waals surface area contributed by atoms with Crippen molar-refractivity contribution in [3.8, 4) is 0 Å². The molecule has 0 unspecified atom stereocenters. The second kappa shape index (κ2) is 8.99. The lowest BCUT2D eigenvalue weighted by Gasteiger charge is -2.38. The number of aromatic amines is 1. The van der Waals surface area contributed by atoms with Gasteiger partial charge in [0.05, 0.1) is 30.1 Å². The van der Waals surface area contributed by atoms with Gasteiger partial charge in [0.2, 0.25) is 5.91 Å². The number of anilines is 1. The van der Waals surface area contributed by atoms with Crippen LogP contribution in [0.1, 0.15) is 41.6 Å². The first-order valence-electron chi connectivity index (χ1n) is 11.4. The van der Waals surface area contributed by atoms with E-state index in [1.165, 1.54) is 11.1 Å². The van der Waals surface area contributed by atoms with Crippen LogP contribution in [0, 0.1) is 0 Å². The van der Waals surface area contributed by atoms with Crippen LogP contribution in [0.5, 0.6) is 0 Å². The summed E-state index contributed by atoms with van der Waals surface area (Å²) in [4.78, 5) is 46.3. The summed E-state index contributed by atoms with van der Waals surface area (Å²) < 4.78 is 38.5. The Morgan fingerprint density at radius 1 is 1.14 bits per heavy atom. The Balaban J connectivity index is 1.35. The maximum atomic E-state index is 13.7. The van der Waals surface area contributed by atoms with Gasteiger partial charge in [0.1, 0.15) is 0 Å². The Morgan fingerprint density at radius 3 is 2.61 bits per heavy atom. The van der Waals surface area contributed by atoms with Gasteiger partial charge in [-0.3, -0.25) is 19.5 Å². The summed E-state index contributed by atoms with van der Waals surface area (Å²) in [5.74, 6) is -1.18. The number of hydrogen-bond acceptors (Lipinski definition) is 5. The third kappa shape index (κ3) is 4.38. The molecular weight excluding hydrogens is 543 g/mol. The number of amides is 2. The molecule has 1 saturated heterocycles. The van der Waals surface area contributed by atoms with Crippen molar-refractivity contribution < 1.29 is 27.6 Å². The third-order valence-corrected chi connectivity index (χ3v) is 7.38. The molecule has 2 aromatic heterocycles. The van der Waals surface area contributed by atoms with Crippen molar-refractivity contribution in [3.05, 3.63) is 52.3 Å². The number of hydrogen-bond donors (Lipinski definition) is 1. The second-order valence-electron chi connectivity index (χ2n) is 9.11. The van der Waals surface area contributed by atoms with Crippen LogP contribution in [0.3, 0.4) is 0 Å². The molecule has 4 heterocycles. The van der Waals surface area contributed by atoms with Gasteiger partial charge < -0.3 is 9.80 Å². The molecule has 1 aromatic carbocycles. The van der Waals surface area contributed by atoms with Crippen LogP contribution in [0.4, 0.5) is 18.9 Å². The van der Waals surface area contributed by atoms with Crippen molar-refractivity contribution in [3.63, 3.8) is 0 Å². The van der Waals surface area contributed by atoms with Gasteiger partial charge in [-0.1, -0.05) is 15.9 Å². The Labute approximate surface area is 212 Å². The van der Waals surface area contributed by atoms with E-state index in [9.17, 15) is 27.6 Å². The number of carbonyl (C=O) groups is 3. The normalized spacial score (nSPS) is 17.2. The standard InChI is InChI=1S/C24H21BrF3N5O3/c25-16-1-2-19-18(10-16)23(22(36)33(19)13-17(34)3-4-24(26,27)28)5-7-32(8-6-23)21(35)15-9-14-12-30-31-20(14)29-11-15/h1-2,9-12H,3-8,13H2,(H,29,30,31). The van der Waals surface area contributed by atoms with Crippen LogP contribution >= 0.6 is 15.9 Å². The molecule has 2 aliphatic rings. The molecule has 36 heavy (non-hydrogen) atoms. The van der Waals surface area contributed by atoms with Crippen LogP contribution < -0.4 is 4.90 Å². The van der Waals surface area contributed by atoms with Gasteiger partial charge >= 0.3 is 6.18 Å². The van der Waals surface area contributed by atoms with Crippen LogP contribution in [0.15, 0.2) is 41.1 Å². The minimum absolute atomic E-state index is 0.209. The number of benzene rings is 1. The molecule has 0 radical (unpaired) electrons. The predicted octanol–water partition coefficient (Wildman–Crippen LogP) is 4.15. The number of carbonyl (C=O) groups excluding carboxylic acids is 3. The van der Waals surface area contributed by atoms with Crippen molar-refractivity contribution in [1.82, 2.24) is 20.1 Å². The van der Waals surface area contributed by atoms with Gasteiger partial charge in [-0.15, -0.1) is 0 Å². The highest BCUT2D eigenvalue weighted by Gasteiger charge is 2.52. The Morgan fingerprint density at radius 2 is 1.89 bits per heavy atom. The molecule has 2 aliphatic heterocycles. The fourth-order valence-electron chi connectivity index (χ4n) is 5.01. The van der Waals surface area contributed by atoms with E-state index in [-0.39, 0.29) is 11.8 Å². The lowest BCUT2D eigenvalue weighted by Crippen LogP contribution is -2.50. The molecule has 12 heteroatoms. The zero-order chi connectivity index (χ0) is 25.7. The first-order valence-corrected chi connectivity index (χ1v) is 12.2. The smallest absolute Gasteiger partial charge is 0.339 e. The van der Waals surface area contributed by atoms with E-state index in [1.807, 2.05) is 6.07 Å². The molecule has 1 N–H and O–H groups in total. The number of piperidine rings is 1. The molecule has 1 fully saturated rings. The molecule has 3 aromatic rings. The molecule has 0 aliphatic carbocycles. The number of halogens is 4. The first-order chi connectivity index (χ1) is 17.1. The molecule has 188 valence electrons. The van der Waals surface area contributed by atoms with E-state index in [1.54, 1.807) is 29.3 Å². The van der Waals surface area contributed by atoms with Gasteiger partial charge in [-0.05, 0) is 42.7 Å². The number of Topliss-reactive ketones (excluding diaryl/α,β-unsaturated/α-hetero) is 1. The lowest BCUT2D eigenvalue weighted by atomic mass is 9.73. The number of fused-ring (bicyclic) bond motifs is 3. The topological polar surface area (TPSA) is 99.3 Å². The first kappa shape index (κ1) is 24.4. The van der Waals surface area contributed by atoms with Gasteiger partial charge in [-0.25, -0.2) is 4.98 Å². The largest absolute Gasteiger partial charge is 0.389 e. The highest BCUT2D eigenvalue weighted by atomic mass is 79.9. The Bertz CT molecular complexity index is 1360. The molecule has 1 spiro atoms. The quantitative estimate of drug-likeness (QED) is 0.502. The molecule has 5 rings (SSSR count).